The topological polar surface area (TPSA) is 106 Å². The van der Waals surface area contributed by atoms with Crippen LogP contribution in [0.4, 0.5) is 10.5 Å². The molecule has 0 atom stereocenters. The molecule has 0 spiro atoms. The monoisotopic (exact) mass is 483 g/mol. The van der Waals surface area contributed by atoms with Crippen molar-refractivity contribution in [3.8, 4) is 5.75 Å². The number of rotatable bonds is 8. The number of amides is 3. The van der Waals surface area contributed by atoms with E-state index in [1.807, 2.05) is 19.1 Å². The van der Waals surface area contributed by atoms with Crippen molar-refractivity contribution in [3.63, 3.8) is 0 Å². The number of benzene rings is 2. The molecule has 0 saturated carbocycles. The van der Waals surface area contributed by atoms with Crippen LogP contribution in [0.2, 0.25) is 0 Å². The summed E-state index contributed by atoms with van der Waals surface area (Å²) >= 11 is 0. The molecule has 0 aliphatic carbocycles. The Hall–Kier alpha value is -3.55. The van der Waals surface area contributed by atoms with Gasteiger partial charge >= 0.3 is 6.09 Å². The Labute approximate surface area is 207 Å². The van der Waals surface area contributed by atoms with Crippen LogP contribution in [0.3, 0.4) is 0 Å². The maximum absolute atomic E-state index is 12.4. The number of anilines is 1. The first kappa shape index (κ1) is 27.7. The molecule has 3 N–H and O–H groups in total. The first-order chi connectivity index (χ1) is 16.2. The van der Waals surface area contributed by atoms with Crippen molar-refractivity contribution in [2.24, 2.45) is 0 Å². The van der Waals surface area contributed by atoms with Gasteiger partial charge in [-0.2, -0.15) is 0 Å². The average Bonchev–Trinajstić information content (AvgIpc) is 2.74. The molecule has 0 aromatic heterocycles. The van der Waals surface area contributed by atoms with Crippen molar-refractivity contribution in [1.29, 1.82) is 0 Å². The fourth-order valence-corrected chi connectivity index (χ4v) is 3.13. The second kappa shape index (κ2) is 11.7. The lowest BCUT2D eigenvalue weighted by atomic mass is 9.85. The third kappa shape index (κ3) is 10.1. The van der Waals surface area contributed by atoms with E-state index >= 15 is 0 Å². The lowest BCUT2D eigenvalue weighted by molar-refractivity contribution is -0.120. The lowest BCUT2D eigenvalue weighted by Crippen LogP contribution is -2.39. The van der Waals surface area contributed by atoms with Crippen LogP contribution in [0.1, 0.15) is 58.2 Å². The molecule has 0 fully saturated rings. The SMILES string of the molecule is Cc1ccc(OCC(=O)Nc2ccc(CNC(=O)CNC(=O)OC(C)(C)C)cc2)c(C(C)(C)C)c1. The number of carbonyl (C=O) groups excluding carboxylic acids is 3. The molecule has 8 heteroatoms. The van der Waals surface area contributed by atoms with Crippen molar-refractivity contribution in [3.05, 3.63) is 59.2 Å². The Morgan fingerprint density at radius 2 is 1.51 bits per heavy atom. The van der Waals surface area contributed by atoms with E-state index in [2.05, 4.69) is 42.8 Å². The van der Waals surface area contributed by atoms with Gasteiger partial charge in [0.2, 0.25) is 5.91 Å². The molecular weight excluding hydrogens is 446 g/mol. The number of hydrogen-bond acceptors (Lipinski definition) is 5. The summed E-state index contributed by atoms with van der Waals surface area (Å²) in [7, 11) is 0. The van der Waals surface area contributed by atoms with E-state index < -0.39 is 11.7 Å². The standard InChI is InChI=1S/C27H37N3O5/c1-18-8-13-22(21(14-18)26(2,3)4)34-17-24(32)30-20-11-9-19(10-12-20)15-28-23(31)16-29-25(33)35-27(5,6)7/h8-14H,15-17H2,1-7H3,(H,28,31)(H,29,33)(H,30,32). The van der Waals surface area contributed by atoms with Gasteiger partial charge in [0.25, 0.3) is 5.91 Å². The van der Waals surface area contributed by atoms with Gasteiger partial charge in [0, 0.05) is 12.2 Å². The number of alkyl carbamates (subject to hydrolysis) is 1. The Balaban J connectivity index is 1.79. The quantitative estimate of drug-likeness (QED) is 0.514. The van der Waals surface area contributed by atoms with Crippen molar-refractivity contribution in [2.45, 2.75) is 66.0 Å². The van der Waals surface area contributed by atoms with Gasteiger partial charge < -0.3 is 25.4 Å². The largest absolute Gasteiger partial charge is 0.483 e. The summed E-state index contributed by atoms with van der Waals surface area (Å²) in [6.45, 7) is 13.6. The van der Waals surface area contributed by atoms with Crippen LogP contribution >= 0.6 is 0 Å². The van der Waals surface area contributed by atoms with E-state index in [1.54, 1.807) is 45.0 Å². The summed E-state index contributed by atoms with van der Waals surface area (Å²) in [5.74, 6) is 0.0984. The molecule has 0 saturated heterocycles. The van der Waals surface area contributed by atoms with Crippen LogP contribution < -0.4 is 20.7 Å². The molecule has 2 aromatic carbocycles. The van der Waals surface area contributed by atoms with Gasteiger partial charge in [0.15, 0.2) is 6.61 Å². The third-order valence-corrected chi connectivity index (χ3v) is 4.82. The van der Waals surface area contributed by atoms with Gasteiger partial charge in [-0.1, -0.05) is 50.6 Å². The summed E-state index contributed by atoms with van der Waals surface area (Å²) in [5.41, 5.74) is 2.94. The first-order valence-corrected chi connectivity index (χ1v) is 11.6. The van der Waals surface area contributed by atoms with Gasteiger partial charge in [0.05, 0.1) is 0 Å². The predicted octanol–water partition coefficient (Wildman–Crippen LogP) is 4.45. The molecule has 0 aliphatic heterocycles. The summed E-state index contributed by atoms with van der Waals surface area (Å²) in [6, 6.07) is 13.1. The Kier molecular flexibility index (Phi) is 9.28. The number of hydrogen-bond donors (Lipinski definition) is 3. The molecule has 0 unspecified atom stereocenters. The highest BCUT2D eigenvalue weighted by Crippen LogP contribution is 2.32. The van der Waals surface area contributed by atoms with Gasteiger partial charge in [-0.15, -0.1) is 0 Å². The highest BCUT2D eigenvalue weighted by atomic mass is 16.6. The summed E-state index contributed by atoms with van der Waals surface area (Å²) < 4.78 is 10.9. The Bertz CT molecular complexity index is 1030. The van der Waals surface area contributed by atoms with Crippen molar-refractivity contribution >= 4 is 23.6 Å². The van der Waals surface area contributed by atoms with Gasteiger partial charge in [-0.25, -0.2) is 4.79 Å². The number of carbonyl (C=O) groups is 3. The molecule has 0 bridgehead atoms. The van der Waals surface area contributed by atoms with Crippen LogP contribution in [0.5, 0.6) is 5.75 Å². The van der Waals surface area contributed by atoms with Crippen LogP contribution in [-0.4, -0.2) is 36.7 Å². The van der Waals surface area contributed by atoms with E-state index in [0.717, 1.165) is 16.7 Å². The van der Waals surface area contributed by atoms with Crippen LogP contribution in [0.15, 0.2) is 42.5 Å². The van der Waals surface area contributed by atoms with Crippen molar-refractivity contribution in [1.82, 2.24) is 10.6 Å². The summed E-state index contributed by atoms with van der Waals surface area (Å²) in [4.78, 5) is 35.9. The van der Waals surface area contributed by atoms with E-state index in [4.69, 9.17) is 9.47 Å². The minimum atomic E-state index is -0.645. The van der Waals surface area contributed by atoms with E-state index in [0.29, 0.717) is 11.4 Å². The fraction of sp³-hybridized carbons (Fsp3) is 0.444. The first-order valence-electron chi connectivity index (χ1n) is 11.6. The minimum Gasteiger partial charge on any atom is -0.483 e. The Morgan fingerprint density at radius 1 is 0.857 bits per heavy atom. The molecule has 0 aliphatic rings. The molecule has 190 valence electrons. The predicted molar refractivity (Wildman–Crippen MR) is 137 cm³/mol. The number of nitrogens with one attached hydrogen (secondary N) is 3. The molecule has 2 aromatic rings. The van der Waals surface area contributed by atoms with E-state index in [-0.39, 0.29) is 36.9 Å². The van der Waals surface area contributed by atoms with Crippen molar-refractivity contribution in [2.75, 3.05) is 18.5 Å². The van der Waals surface area contributed by atoms with Crippen molar-refractivity contribution < 1.29 is 23.9 Å². The zero-order chi connectivity index (χ0) is 26.2. The zero-order valence-electron chi connectivity index (χ0n) is 21.7. The summed E-state index contributed by atoms with van der Waals surface area (Å²) in [6.07, 6.45) is -0.645. The number of ether oxygens (including phenoxy) is 2. The van der Waals surface area contributed by atoms with Gasteiger partial charge in [0.1, 0.15) is 17.9 Å². The minimum absolute atomic E-state index is 0.102. The summed E-state index contributed by atoms with van der Waals surface area (Å²) in [5, 5.41) is 7.94. The highest BCUT2D eigenvalue weighted by Gasteiger charge is 2.20. The lowest BCUT2D eigenvalue weighted by Gasteiger charge is -2.23. The maximum Gasteiger partial charge on any atom is 0.408 e. The Morgan fingerprint density at radius 3 is 2.11 bits per heavy atom. The van der Waals surface area contributed by atoms with Crippen LogP contribution in [0, 0.1) is 6.92 Å². The molecule has 3 amide bonds. The second-order valence-electron chi connectivity index (χ2n) is 10.4. The molecule has 2 rings (SSSR count). The second-order valence-corrected chi connectivity index (χ2v) is 10.4. The molecule has 0 radical (unpaired) electrons. The van der Waals surface area contributed by atoms with E-state index in [9.17, 15) is 14.4 Å². The number of aryl methyl sites for hydroxylation is 1. The fourth-order valence-electron chi connectivity index (χ4n) is 3.13. The molecular formula is C27H37N3O5. The molecule has 35 heavy (non-hydrogen) atoms. The van der Waals surface area contributed by atoms with Crippen LogP contribution in [-0.2, 0) is 26.3 Å². The third-order valence-electron chi connectivity index (χ3n) is 4.82. The zero-order valence-corrected chi connectivity index (χ0v) is 21.7. The van der Waals surface area contributed by atoms with Gasteiger partial charge in [-0.3, -0.25) is 9.59 Å². The normalized spacial score (nSPS) is 11.4. The van der Waals surface area contributed by atoms with Crippen LogP contribution in [0.25, 0.3) is 0 Å². The van der Waals surface area contributed by atoms with Gasteiger partial charge in [-0.05, 0) is 62.4 Å². The highest BCUT2D eigenvalue weighted by molar-refractivity contribution is 5.91. The smallest absolute Gasteiger partial charge is 0.408 e. The van der Waals surface area contributed by atoms with E-state index in [1.165, 1.54) is 0 Å². The molecule has 0 heterocycles. The maximum atomic E-state index is 12.4. The molecule has 8 nitrogen and oxygen atoms in total. The average molecular weight is 484 g/mol.